The van der Waals surface area contributed by atoms with Crippen LogP contribution in [0.5, 0.6) is 0 Å². The molecule has 0 amide bonds. The Balaban J connectivity index is 1.39. The van der Waals surface area contributed by atoms with Crippen molar-refractivity contribution in [3.63, 3.8) is 0 Å². The summed E-state index contributed by atoms with van der Waals surface area (Å²) in [6.07, 6.45) is -2.86. The lowest BCUT2D eigenvalue weighted by molar-refractivity contribution is -0.0605. The first-order valence-electron chi connectivity index (χ1n) is 13.5. The van der Waals surface area contributed by atoms with Gasteiger partial charge in [-0.2, -0.15) is 0 Å². The van der Waals surface area contributed by atoms with Gasteiger partial charge in [-0.25, -0.2) is 28.7 Å². The Morgan fingerprint density at radius 1 is 0.773 bits per heavy atom. The van der Waals surface area contributed by atoms with Gasteiger partial charge in [0.05, 0.1) is 22.1 Å². The number of hydrogen-bond acceptors (Lipinski definition) is 9. The summed E-state index contributed by atoms with van der Waals surface area (Å²) in [5.74, 6) is -2.90. The van der Waals surface area contributed by atoms with Gasteiger partial charge in [-0.1, -0.05) is 66.2 Å². The smallest absolute Gasteiger partial charge is 0.338 e. The third-order valence-corrected chi connectivity index (χ3v) is 7.26. The molecule has 4 atom stereocenters. The van der Waals surface area contributed by atoms with Gasteiger partial charge < -0.3 is 18.9 Å². The molecule has 3 heterocycles. The van der Waals surface area contributed by atoms with E-state index in [1.54, 1.807) is 91.0 Å². The van der Waals surface area contributed by atoms with Crippen LogP contribution in [-0.2, 0) is 18.9 Å². The van der Waals surface area contributed by atoms with Crippen LogP contribution >= 0.6 is 11.6 Å². The predicted octanol–water partition coefficient (Wildman–Crippen LogP) is 5.43. The van der Waals surface area contributed by atoms with Gasteiger partial charge in [-0.15, -0.1) is 0 Å². The molecule has 0 N–H and O–H groups in total. The highest BCUT2D eigenvalue weighted by molar-refractivity contribution is 6.34. The van der Waals surface area contributed by atoms with E-state index in [2.05, 4.69) is 9.97 Å². The van der Waals surface area contributed by atoms with Gasteiger partial charge in [-0.05, 0) is 36.4 Å². The molecule has 5 aromatic rings. The van der Waals surface area contributed by atoms with Crippen LogP contribution in [0.15, 0.2) is 104 Å². The molecule has 0 saturated carbocycles. The minimum Gasteiger partial charge on any atom is -0.459 e. The molecule has 1 aliphatic heterocycles. The van der Waals surface area contributed by atoms with Crippen LogP contribution in [0.1, 0.15) is 37.3 Å². The van der Waals surface area contributed by atoms with Crippen molar-refractivity contribution in [1.82, 2.24) is 14.5 Å². The van der Waals surface area contributed by atoms with Gasteiger partial charge in [0.2, 0.25) is 0 Å². The number of carbonyl (C=O) groups is 3. The van der Waals surface area contributed by atoms with E-state index in [0.29, 0.717) is 0 Å². The molecule has 44 heavy (non-hydrogen) atoms. The maximum atomic E-state index is 15.1. The molecule has 1 saturated heterocycles. The third-order valence-electron chi connectivity index (χ3n) is 6.97. The first-order chi connectivity index (χ1) is 21.4. The standard InChI is InChI=1S/C32H23ClFN3O7/c33-27-24-22(34)16-37(28(24)36-18-35-27)29-26(44-32(40)21-14-8-3-9-15-21)25(43-31(39)20-12-6-2-7-13-20)23(42-29)17-41-30(38)19-10-4-1-5-11-19/h1-16,18,23,25-26,29H,17H2. The molecule has 2 aromatic heterocycles. The van der Waals surface area contributed by atoms with E-state index in [1.807, 2.05) is 0 Å². The lowest BCUT2D eigenvalue weighted by atomic mass is 10.1. The van der Waals surface area contributed by atoms with E-state index < -0.39 is 54.9 Å². The number of esters is 3. The fourth-order valence-electron chi connectivity index (χ4n) is 4.88. The molecule has 0 aliphatic carbocycles. The molecular weight excluding hydrogens is 593 g/mol. The molecule has 4 unspecified atom stereocenters. The fourth-order valence-corrected chi connectivity index (χ4v) is 5.10. The number of hydrogen-bond donors (Lipinski definition) is 0. The molecule has 10 nitrogen and oxygen atoms in total. The zero-order chi connectivity index (χ0) is 30.6. The molecule has 0 radical (unpaired) electrons. The summed E-state index contributed by atoms with van der Waals surface area (Å²) >= 11 is 6.16. The molecule has 12 heteroatoms. The number of fused-ring (bicyclic) bond motifs is 1. The second-order valence-electron chi connectivity index (χ2n) is 9.75. The van der Waals surface area contributed by atoms with Gasteiger partial charge >= 0.3 is 17.9 Å². The lowest BCUT2D eigenvalue weighted by Crippen LogP contribution is -2.41. The van der Waals surface area contributed by atoms with Crippen LogP contribution in [0, 0.1) is 5.82 Å². The van der Waals surface area contributed by atoms with Crippen molar-refractivity contribution in [3.05, 3.63) is 131 Å². The topological polar surface area (TPSA) is 119 Å². The van der Waals surface area contributed by atoms with E-state index >= 15 is 4.39 Å². The molecule has 6 rings (SSSR count). The lowest BCUT2D eigenvalue weighted by Gasteiger charge is -2.25. The van der Waals surface area contributed by atoms with Gasteiger partial charge in [0.1, 0.15) is 29.8 Å². The number of halogens is 2. The van der Waals surface area contributed by atoms with Gasteiger partial charge in [0, 0.05) is 6.20 Å². The quantitative estimate of drug-likeness (QED) is 0.128. The molecule has 0 spiro atoms. The summed E-state index contributed by atoms with van der Waals surface area (Å²) in [5.41, 5.74) is 0.772. The van der Waals surface area contributed by atoms with Crippen LogP contribution in [0.25, 0.3) is 11.0 Å². The first kappa shape index (κ1) is 29.0. The Kier molecular flexibility index (Phi) is 8.31. The monoisotopic (exact) mass is 615 g/mol. The maximum absolute atomic E-state index is 15.1. The van der Waals surface area contributed by atoms with Crippen LogP contribution in [-0.4, -0.2) is 57.4 Å². The van der Waals surface area contributed by atoms with E-state index in [0.717, 1.165) is 12.5 Å². The summed E-state index contributed by atoms with van der Waals surface area (Å²) in [5, 5.41) is -0.217. The highest BCUT2D eigenvalue weighted by Gasteiger charge is 2.52. The summed E-state index contributed by atoms with van der Waals surface area (Å²) in [7, 11) is 0. The Hall–Kier alpha value is -5.13. The summed E-state index contributed by atoms with van der Waals surface area (Å²) in [6.45, 7) is -0.395. The van der Waals surface area contributed by atoms with Gasteiger partial charge in [-0.3, -0.25) is 4.57 Å². The summed E-state index contributed by atoms with van der Waals surface area (Å²) in [6, 6.07) is 24.6. The van der Waals surface area contributed by atoms with Crippen LogP contribution in [0.2, 0.25) is 5.15 Å². The predicted molar refractivity (Wildman–Crippen MR) is 154 cm³/mol. The maximum Gasteiger partial charge on any atom is 0.338 e. The summed E-state index contributed by atoms with van der Waals surface area (Å²) in [4.78, 5) is 47.4. The Morgan fingerprint density at radius 2 is 1.30 bits per heavy atom. The third kappa shape index (κ3) is 5.87. The molecule has 3 aromatic carbocycles. The molecule has 0 bridgehead atoms. The van der Waals surface area contributed by atoms with Crippen molar-refractivity contribution < 1.29 is 37.7 Å². The highest BCUT2D eigenvalue weighted by Crippen LogP contribution is 2.38. The minimum absolute atomic E-state index is 0.0447. The second kappa shape index (κ2) is 12.6. The minimum atomic E-state index is -1.35. The van der Waals surface area contributed by atoms with Crippen LogP contribution in [0.3, 0.4) is 0 Å². The average Bonchev–Trinajstić information content (AvgIpc) is 3.57. The molecule has 1 fully saturated rings. The number of nitrogens with zero attached hydrogens (tertiary/aromatic N) is 3. The molecule has 1 aliphatic rings. The van der Waals surface area contributed by atoms with Crippen LogP contribution < -0.4 is 0 Å². The Labute approximate surface area is 254 Å². The highest BCUT2D eigenvalue weighted by atomic mass is 35.5. The van der Waals surface area contributed by atoms with Crippen molar-refractivity contribution in [2.24, 2.45) is 0 Å². The SMILES string of the molecule is O=C(OCC1OC(n2cc(F)c3c(Cl)ncnc32)C(OC(=O)c2ccccc2)C1OC(=O)c1ccccc1)c1ccccc1. The number of carbonyl (C=O) groups excluding carboxylic acids is 3. The van der Waals surface area contributed by atoms with Gasteiger partial charge in [0.25, 0.3) is 0 Å². The van der Waals surface area contributed by atoms with Crippen molar-refractivity contribution in [2.45, 2.75) is 24.5 Å². The van der Waals surface area contributed by atoms with Crippen molar-refractivity contribution in [3.8, 4) is 0 Å². The largest absolute Gasteiger partial charge is 0.459 e. The van der Waals surface area contributed by atoms with E-state index in [1.165, 1.54) is 4.57 Å². The second-order valence-corrected chi connectivity index (χ2v) is 10.1. The first-order valence-corrected chi connectivity index (χ1v) is 13.8. The Bertz CT molecular complexity index is 1800. The van der Waals surface area contributed by atoms with E-state index in [4.69, 9.17) is 30.5 Å². The normalized spacial score (nSPS) is 19.4. The van der Waals surface area contributed by atoms with Crippen LogP contribution in [0.4, 0.5) is 4.39 Å². The van der Waals surface area contributed by atoms with Gasteiger partial charge in [0.15, 0.2) is 24.3 Å². The Morgan fingerprint density at radius 3 is 1.86 bits per heavy atom. The van der Waals surface area contributed by atoms with Crippen molar-refractivity contribution >= 4 is 40.5 Å². The number of aromatic nitrogens is 3. The number of rotatable bonds is 8. The molecular formula is C32H23ClFN3O7. The number of ether oxygens (including phenoxy) is 4. The van der Waals surface area contributed by atoms with E-state index in [-0.39, 0.29) is 32.9 Å². The summed E-state index contributed by atoms with van der Waals surface area (Å²) < 4.78 is 40.0. The van der Waals surface area contributed by atoms with E-state index in [9.17, 15) is 14.4 Å². The number of benzene rings is 3. The average molecular weight is 616 g/mol. The molecule has 222 valence electrons. The zero-order valence-electron chi connectivity index (χ0n) is 22.8. The fraction of sp³-hybridized carbons (Fsp3) is 0.156. The van der Waals surface area contributed by atoms with Crippen molar-refractivity contribution in [1.29, 1.82) is 0 Å². The zero-order valence-corrected chi connectivity index (χ0v) is 23.5. The van der Waals surface area contributed by atoms with Crippen molar-refractivity contribution in [2.75, 3.05) is 6.61 Å².